The van der Waals surface area contributed by atoms with Crippen molar-refractivity contribution < 1.29 is 18.0 Å². The molecule has 0 amide bonds. The number of nitrogens with zero attached hydrogens (tertiary/aromatic N) is 1. The molecule has 0 aliphatic heterocycles. The van der Waals surface area contributed by atoms with Gasteiger partial charge in [0.05, 0.1) is 13.1 Å². The topological polar surface area (TPSA) is 20.3 Å². The minimum Gasteiger partial charge on any atom is -0.293 e. The van der Waals surface area contributed by atoms with Crippen LogP contribution in [0.3, 0.4) is 0 Å². The van der Waals surface area contributed by atoms with Crippen LogP contribution in [0.1, 0.15) is 42.6 Å². The highest BCUT2D eigenvalue weighted by molar-refractivity contribution is 5.97. The van der Waals surface area contributed by atoms with Gasteiger partial charge in [0.1, 0.15) is 0 Å². The second-order valence-electron chi connectivity index (χ2n) is 5.20. The zero-order valence-electron chi connectivity index (χ0n) is 12.5. The fourth-order valence-electron chi connectivity index (χ4n) is 2.22. The lowest BCUT2D eigenvalue weighted by molar-refractivity contribution is -0.144. The number of rotatable bonds is 8. The highest BCUT2D eigenvalue weighted by Crippen LogP contribution is 2.17. The molecule has 2 nitrogen and oxygen atoms in total. The number of hydrogen-bond acceptors (Lipinski definition) is 2. The molecule has 0 fully saturated rings. The van der Waals surface area contributed by atoms with E-state index in [-0.39, 0.29) is 18.9 Å². The summed E-state index contributed by atoms with van der Waals surface area (Å²) in [6.45, 7) is 2.90. The smallest absolute Gasteiger partial charge is 0.293 e. The predicted molar refractivity (Wildman–Crippen MR) is 77.6 cm³/mol. The number of carbonyl (C=O) groups is 1. The third-order valence-corrected chi connectivity index (χ3v) is 3.12. The fourth-order valence-corrected chi connectivity index (χ4v) is 2.22. The van der Waals surface area contributed by atoms with Gasteiger partial charge in [-0.25, -0.2) is 0 Å². The monoisotopic (exact) mass is 301 g/mol. The molecule has 0 aliphatic carbocycles. The summed E-state index contributed by atoms with van der Waals surface area (Å²) in [6, 6.07) is 7.13. The molecular formula is C16H22F3NO. The molecule has 0 atom stereocenters. The molecule has 1 rings (SSSR count). The van der Waals surface area contributed by atoms with Crippen molar-refractivity contribution in [3.8, 4) is 0 Å². The fraction of sp³-hybridized carbons (Fsp3) is 0.562. The lowest BCUT2D eigenvalue weighted by atomic mass is 10.1. The first-order valence-electron chi connectivity index (χ1n) is 7.27. The van der Waals surface area contributed by atoms with E-state index >= 15 is 0 Å². The second kappa shape index (κ2) is 8.17. The summed E-state index contributed by atoms with van der Waals surface area (Å²) in [5.74, 6) is -0.268. The Morgan fingerprint density at radius 3 is 2.19 bits per heavy atom. The molecule has 0 aromatic heterocycles. The Morgan fingerprint density at radius 1 is 1.10 bits per heavy atom. The van der Waals surface area contributed by atoms with Gasteiger partial charge in [-0.1, -0.05) is 44.5 Å². The SMILES string of the molecule is CCCc1ccc(C(=O)CN(CCC)CC(F)(F)F)cc1. The van der Waals surface area contributed by atoms with Gasteiger partial charge in [-0.15, -0.1) is 0 Å². The molecule has 1 aromatic carbocycles. The van der Waals surface area contributed by atoms with Crippen molar-refractivity contribution in [3.05, 3.63) is 35.4 Å². The maximum Gasteiger partial charge on any atom is 0.401 e. The Hall–Kier alpha value is -1.36. The minimum atomic E-state index is -4.28. The van der Waals surface area contributed by atoms with Crippen molar-refractivity contribution in [2.75, 3.05) is 19.6 Å². The summed E-state index contributed by atoms with van der Waals surface area (Å²) >= 11 is 0. The van der Waals surface area contributed by atoms with Crippen LogP contribution in [0.5, 0.6) is 0 Å². The lowest BCUT2D eigenvalue weighted by Crippen LogP contribution is -2.38. The third-order valence-electron chi connectivity index (χ3n) is 3.12. The molecule has 1 aromatic rings. The van der Waals surface area contributed by atoms with Crippen LogP contribution in [0.25, 0.3) is 0 Å². The molecule has 0 saturated carbocycles. The van der Waals surface area contributed by atoms with E-state index in [2.05, 4.69) is 6.92 Å². The largest absolute Gasteiger partial charge is 0.401 e. The number of ketones is 1. The van der Waals surface area contributed by atoms with Crippen molar-refractivity contribution in [1.29, 1.82) is 0 Å². The maximum atomic E-state index is 12.5. The van der Waals surface area contributed by atoms with Gasteiger partial charge in [0.15, 0.2) is 5.78 Å². The molecule has 5 heteroatoms. The van der Waals surface area contributed by atoms with Crippen LogP contribution in [0.15, 0.2) is 24.3 Å². The number of halogens is 3. The Kier molecular flexibility index (Phi) is 6.89. The van der Waals surface area contributed by atoms with E-state index in [1.807, 2.05) is 12.1 Å². The van der Waals surface area contributed by atoms with Gasteiger partial charge in [-0.2, -0.15) is 13.2 Å². The summed E-state index contributed by atoms with van der Waals surface area (Å²) in [5.41, 5.74) is 1.60. The highest BCUT2D eigenvalue weighted by atomic mass is 19.4. The van der Waals surface area contributed by atoms with Crippen molar-refractivity contribution >= 4 is 5.78 Å². The Bertz CT molecular complexity index is 440. The molecule has 0 bridgehead atoms. The number of Topliss-reactive ketones (excluding diaryl/α,β-unsaturated/α-hetero) is 1. The normalized spacial score (nSPS) is 11.9. The van der Waals surface area contributed by atoms with Crippen molar-refractivity contribution in [3.63, 3.8) is 0 Å². The summed E-state index contributed by atoms with van der Waals surface area (Å²) in [6.07, 6.45) is -1.74. The quantitative estimate of drug-likeness (QED) is 0.674. The number of hydrogen-bond donors (Lipinski definition) is 0. The number of aryl methyl sites for hydroxylation is 1. The van der Waals surface area contributed by atoms with Gasteiger partial charge in [0.2, 0.25) is 0 Å². The third kappa shape index (κ3) is 6.76. The molecular weight excluding hydrogens is 279 g/mol. The average molecular weight is 301 g/mol. The first-order valence-corrected chi connectivity index (χ1v) is 7.27. The van der Waals surface area contributed by atoms with Crippen molar-refractivity contribution in [2.24, 2.45) is 0 Å². The Labute approximate surface area is 123 Å². The van der Waals surface area contributed by atoms with E-state index in [1.54, 1.807) is 19.1 Å². The molecule has 118 valence electrons. The molecule has 0 radical (unpaired) electrons. The van der Waals surface area contributed by atoms with E-state index in [0.29, 0.717) is 12.0 Å². The van der Waals surface area contributed by atoms with E-state index in [4.69, 9.17) is 0 Å². The Balaban J connectivity index is 2.67. The summed E-state index contributed by atoms with van der Waals surface area (Å²) in [5, 5.41) is 0. The number of benzene rings is 1. The summed E-state index contributed by atoms with van der Waals surface area (Å²) < 4.78 is 37.4. The summed E-state index contributed by atoms with van der Waals surface area (Å²) in [4.78, 5) is 13.2. The van der Waals surface area contributed by atoms with Crippen LogP contribution in [0, 0.1) is 0 Å². The first kappa shape index (κ1) is 17.7. The first-order chi connectivity index (χ1) is 9.85. The average Bonchev–Trinajstić information content (AvgIpc) is 2.38. The van der Waals surface area contributed by atoms with Crippen LogP contribution in [-0.4, -0.2) is 36.5 Å². The predicted octanol–water partition coefficient (Wildman–Crippen LogP) is 4.10. The second-order valence-corrected chi connectivity index (χ2v) is 5.20. The van der Waals surface area contributed by atoms with Gasteiger partial charge in [0, 0.05) is 5.56 Å². The standard InChI is InChI=1S/C16H22F3NO/c1-3-5-13-6-8-14(9-7-13)15(21)11-20(10-4-2)12-16(17,18)19/h6-9H,3-5,10-12H2,1-2H3. The van der Waals surface area contributed by atoms with Crippen LogP contribution in [0.4, 0.5) is 13.2 Å². The highest BCUT2D eigenvalue weighted by Gasteiger charge is 2.31. The number of alkyl halides is 3. The van der Waals surface area contributed by atoms with Gasteiger partial charge in [-0.3, -0.25) is 9.69 Å². The van der Waals surface area contributed by atoms with Crippen LogP contribution >= 0.6 is 0 Å². The molecule has 0 N–H and O–H groups in total. The minimum absolute atomic E-state index is 0.194. The lowest BCUT2D eigenvalue weighted by Gasteiger charge is -2.22. The summed E-state index contributed by atoms with van der Waals surface area (Å²) in [7, 11) is 0. The van der Waals surface area contributed by atoms with Crippen molar-refractivity contribution in [1.82, 2.24) is 4.90 Å². The maximum absolute atomic E-state index is 12.5. The number of carbonyl (C=O) groups excluding carboxylic acids is 1. The molecule has 0 heterocycles. The van der Waals surface area contributed by atoms with Gasteiger partial charge < -0.3 is 0 Å². The van der Waals surface area contributed by atoms with Crippen LogP contribution in [-0.2, 0) is 6.42 Å². The van der Waals surface area contributed by atoms with Crippen LogP contribution < -0.4 is 0 Å². The van der Waals surface area contributed by atoms with E-state index in [9.17, 15) is 18.0 Å². The molecule has 0 saturated heterocycles. The van der Waals surface area contributed by atoms with Crippen molar-refractivity contribution in [2.45, 2.75) is 39.3 Å². The molecule has 0 aliphatic rings. The van der Waals surface area contributed by atoms with E-state index in [1.165, 1.54) is 0 Å². The molecule has 21 heavy (non-hydrogen) atoms. The molecule has 0 unspecified atom stereocenters. The van der Waals surface area contributed by atoms with E-state index in [0.717, 1.165) is 23.3 Å². The molecule has 0 spiro atoms. The Morgan fingerprint density at radius 2 is 1.71 bits per heavy atom. The van der Waals surface area contributed by atoms with Gasteiger partial charge in [-0.05, 0) is 24.9 Å². The van der Waals surface area contributed by atoms with E-state index < -0.39 is 12.7 Å². The zero-order chi connectivity index (χ0) is 15.9. The van der Waals surface area contributed by atoms with Gasteiger partial charge in [0.25, 0.3) is 0 Å². The zero-order valence-corrected chi connectivity index (χ0v) is 12.5. The van der Waals surface area contributed by atoms with Crippen LogP contribution in [0.2, 0.25) is 0 Å². The van der Waals surface area contributed by atoms with Gasteiger partial charge >= 0.3 is 6.18 Å².